The van der Waals surface area contributed by atoms with Gasteiger partial charge in [0.05, 0.1) is 25.9 Å². The van der Waals surface area contributed by atoms with E-state index in [1.165, 1.54) is 10.4 Å². The van der Waals surface area contributed by atoms with Crippen LogP contribution in [0, 0.1) is 0 Å². The Hall–Kier alpha value is -1.59. The van der Waals surface area contributed by atoms with Crippen LogP contribution in [0.3, 0.4) is 0 Å². The predicted octanol–water partition coefficient (Wildman–Crippen LogP) is 7.71. The topological polar surface area (TPSA) is 46.2 Å². The van der Waals surface area contributed by atoms with Gasteiger partial charge in [0.2, 0.25) is 0 Å². The van der Waals surface area contributed by atoms with Gasteiger partial charge in [0, 0.05) is 13.2 Å². The van der Waals surface area contributed by atoms with Crippen LogP contribution in [-0.2, 0) is 23.1 Å². The molecule has 0 heterocycles. The first-order chi connectivity index (χ1) is 19.7. The highest BCUT2D eigenvalue weighted by Gasteiger charge is 2.50. The Morgan fingerprint density at radius 3 is 1.86 bits per heavy atom. The molecular weight excluding hydrogens is 557 g/mol. The molecule has 0 amide bonds. The molecule has 0 bridgehead atoms. The number of ether oxygens (including phenoxy) is 3. The minimum Gasteiger partial charge on any atom is -0.414 e. The maximum Gasteiger partial charge on any atom is 0.261 e. The first-order valence-corrected chi connectivity index (χ1v) is 20.3. The molecule has 0 fully saturated rings. The van der Waals surface area contributed by atoms with Crippen LogP contribution in [0.25, 0.3) is 0 Å². The molecular formula is C35H58O5Si2. The molecule has 2 aromatic rings. The van der Waals surface area contributed by atoms with E-state index in [2.05, 4.69) is 134 Å². The molecule has 2 aromatic carbocycles. The summed E-state index contributed by atoms with van der Waals surface area (Å²) in [5.41, 5.74) is 0. The second-order valence-corrected chi connectivity index (χ2v) is 22.8. The summed E-state index contributed by atoms with van der Waals surface area (Å²) in [6.45, 7) is 22.5. The molecule has 0 aromatic heterocycles. The minimum absolute atomic E-state index is 0.0279. The minimum atomic E-state index is -2.55. The van der Waals surface area contributed by atoms with Gasteiger partial charge < -0.3 is 23.1 Å². The Balaban J connectivity index is 2.06. The zero-order chi connectivity index (χ0) is 31.3. The van der Waals surface area contributed by atoms with Crippen molar-refractivity contribution >= 4 is 27.0 Å². The highest BCUT2D eigenvalue weighted by molar-refractivity contribution is 6.99. The Morgan fingerprint density at radius 2 is 1.36 bits per heavy atom. The van der Waals surface area contributed by atoms with E-state index in [-0.39, 0.29) is 29.1 Å². The van der Waals surface area contributed by atoms with Crippen molar-refractivity contribution in [3.8, 4) is 0 Å². The molecule has 0 unspecified atom stereocenters. The zero-order valence-corrected chi connectivity index (χ0v) is 30.1. The van der Waals surface area contributed by atoms with Gasteiger partial charge in [-0.2, -0.15) is 0 Å². The maximum atomic E-state index is 7.23. The third kappa shape index (κ3) is 10.8. The molecule has 0 saturated heterocycles. The van der Waals surface area contributed by atoms with Gasteiger partial charge in [-0.3, -0.25) is 0 Å². The van der Waals surface area contributed by atoms with E-state index < -0.39 is 16.6 Å². The van der Waals surface area contributed by atoms with Gasteiger partial charge in [-0.1, -0.05) is 114 Å². The maximum absolute atomic E-state index is 7.23. The van der Waals surface area contributed by atoms with Gasteiger partial charge in [-0.15, -0.1) is 0 Å². The molecule has 0 radical (unpaired) electrons. The third-order valence-electron chi connectivity index (χ3n) is 8.36. The Morgan fingerprint density at radius 1 is 0.786 bits per heavy atom. The van der Waals surface area contributed by atoms with Crippen molar-refractivity contribution in [3.05, 3.63) is 72.8 Å². The SMILES string of the molecule is COCCOCO[C@@H](C/C=C\CC[C@@H](C)O[Si](c1ccccc1)(c1ccccc1)C(C)(C)C)CO[Si](C)(C)C(C)(C)C. The summed E-state index contributed by atoms with van der Waals surface area (Å²) >= 11 is 0. The van der Waals surface area contributed by atoms with E-state index in [9.17, 15) is 0 Å². The Bertz CT molecular complexity index is 989. The average Bonchev–Trinajstić information content (AvgIpc) is 2.93. The van der Waals surface area contributed by atoms with Gasteiger partial charge in [0.15, 0.2) is 8.32 Å². The van der Waals surface area contributed by atoms with Crippen molar-refractivity contribution in [2.75, 3.05) is 33.7 Å². The summed E-state index contributed by atoms with van der Waals surface area (Å²) in [7, 11) is -2.74. The molecule has 0 saturated carbocycles. The lowest BCUT2D eigenvalue weighted by Gasteiger charge is -2.44. The predicted molar refractivity (Wildman–Crippen MR) is 182 cm³/mol. The molecule has 5 nitrogen and oxygen atoms in total. The van der Waals surface area contributed by atoms with E-state index in [0.29, 0.717) is 19.8 Å². The normalized spacial score (nSPS) is 14.8. The van der Waals surface area contributed by atoms with Crippen molar-refractivity contribution in [1.82, 2.24) is 0 Å². The fourth-order valence-corrected chi connectivity index (χ4v) is 10.6. The largest absolute Gasteiger partial charge is 0.414 e. The van der Waals surface area contributed by atoms with Crippen LogP contribution in [0.5, 0.6) is 0 Å². The van der Waals surface area contributed by atoms with Crippen molar-refractivity contribution in [2.45, 2.75) is 103 Å². The average molecular weight is 615 g/mol. The standard InChI is InChI=1S/C35H58O5Si2/c1-30(40-42(35(5,6)7,32-22-16-12-17-23-32)33-24-18-13-19-25-33)20-14-11-15-21-31(38-29-37-27-26-36-8)28-39-41(9,10)34(2,3)4/h11-13,15-19,22-25,30-31H,14,20-21,26-29H2,1-10H3/b15-11-/t30-,31+/m1/s1. The van der Waals surface area contributed by atoms with E-state index in [4.69, 9.17) is 23.1 Å². The molecule has 7 heteroatoms. The molecule has 42 heavy (non-hydrogen) atoms. The van der Waals surface area contributed by atoms with Crippen molar-refractivity contribution < 1.29 is 23.1 Å². The van der Waals surface area contributed by atoms with Gasteiger partial charge >= 0.3 is 0 Å². The lowest BCUT2D eigenvalue weighted by Crippen LogP contribution is -2.67. The first-order valence-electron chi connectivity index (χ1n) is 15.5. The highest BCUT2D eigenvalue weighted by Crippen LogP contribution is 2.38. The smallest absolute Gasteiger partial charge is 0.261 e. The summed E-state index contributed by atoms with van der Waals surface area (Å²) in [5, 5.41) is 2.77. The number of methoxy groups -OCH3 is 1. The highest BCUT2D eigenvalue weighted by atomic mass is 28.4. The molecule has 236 valence electrons. The van der Waals surface area contributed by atoms with Gasteiger partial charge in [0.25, 0.3) is 8.32 Å². The zero-order valence-electron chi connectivity index (χ0n) is 28.1. The molecule has 0 aliphatic rings. The molecule has 0 aliphatic carbocycles. The fourth-order valence-electron chi connectivity index (χ4n) is 4.80. The lowest BCUT2D eigenvalue weighted by atomic mass is 10.2. The fraction of sp³-hybridized carbons (Fsp3) is 0.600. The number of benzene rings is 2. The van der Waals surface area contributed by atoms with E-state index >= 15 is 0 Å². The molecule has 0 N–H and O–H groups in total. The molecule has 0 spiro atoms. The number of rotatable bonds is 18. The molecule has 0 aliphatic heterocycles. The summed E-state index contributed by atoms with van der Waals surface area (Å²) < 4.78 is 30.4. The van der Waals surface area contributed by atoms with Gasteiger partial charge in [0.1, 0.15) is 6.79 Å². The van der Waals surface area contributed by atoms with Crippen LogP contribution in [0.2, 0.25) is 23.2 Å². The monoisotopic (exact) mass is 614 g/mol. The van der Waals surface area contributed by atoms with Crippen molar-refractivity contribution in [2.24, 2.45) is 0 Å². The molecule has 2 rings (SSSR count). The van der Waals surface area contributed by atoms with Crippen LogP contribution in [-0.4, -0.2) is 62.6 Å². The van der Waals surface area contributed by atoms with Crippen LogP contribution < -0.4 is 10.4 Å². The number of hydrogen-bond donors (Lipinski definition) is 0. The van der Waals surface area contributed by atoms with E-state index in [0.717, 1.165) is 19.3 Å². The summed E-state index contributed by atoms with van der Waals surface area (Å²) in [5.74, 6) is 0. The summed E-state index contributed by atoms with van der Waals surface area (Å²) in [6.07, 6.45) is 7.23. The first kappa shape index (κ1) is 36.6. The van der Waals surface area contributed by atoms with E-state index in [1.807, 2.05) is 0 Å². The van der Waals surface area contributed by atoms with Gasteiger partial charge in [-0.05, 0) is 59.7 Å². The number of hydrogen-bond acceptors (Lipinski definition) is 5. The Labute approximate surface area is 259 Å². The quantitative estimate of drug-likeness (QED) is 0.0745. The van der Waals surface area contributed by atoms with Gasteiger partial charge in [-0.25, -0.2) is 0 Å². The van der Waals surface area contributed by atoms with Crippen LogP contribution >= 0.6 is 0 Å². The van der Waals surface area contributed by atoms with Crippen molar-refractivity contribution in [1.29, 1.82) is 0 Å². The molecule has 2 atom stereocenters. The van der Waals surface area contributed by atoms with Crippen LogP contribution in [0.4, 0.5) is 0 Å². The summed E-state index contributed by atoms with van der Waals surface area (Å²) in [6, 6.07) is 21.7. The second kappa shape index (κ2) is 17.0. The lowest BCUT2D eigenvalue weighted by molar-refractivity contribution is -0.106. The summed E-state index contributed by atoms with van der Waals surface area (Å²) in [4.78, 5) is 0. The third-order valence-corrected chi connectivity index (χ3v) is 18.0. The Kier molecular flexibility index (Phi) is 14.9. The number of allylic oxidation sites excluding steroid dienone is 1. The van der Waals surface area contributed by atoms with E-state index in [1.54, 1.807) is 7.11 Å². The van der Waals surface area contributed by atoms with Crippen molar-refractivity contribution in [3.63, 3.8) is 0 Å². The second-order valence-electron chi connectivity index (χ2n) is 13.8. The van der Waals surface area contributed by atoms with Crippen LogP contribution in [0.15, 0.2) is 72.8 Å². The van der Waals surface area contributed by atoms with Crippen LogP contribution in [0.1, 0.15) is 67.7 Å².